The van der Waals surface area contributed by atoms with Crippen molar-refractivity contribution in [1.29, 1.82) is 0 Å². The number of carbonyl (C=O) groups is 1. The molecule has 1 aromatic carbocycles. The van der Waals surface area contributed by atoms with E-state index in [0.717, 1.165) is 21.3 Å². The fourth-order valence-electron chi connectivity index (χ4n) is 3.02. The van der Waals surface area contributed by atoms with Crippen LogP contribution >= 0.6 is 11.3 Å². The molecule has 0 aliphatic carbocycles. The molecule has 1 aliphatic rings. The molecule has 0 spiro atoms. The van der Waals surface area contributed by atoms with Crippen LogP contribution in [0.4, 0.5) is 8.78 Å². The van der Waals surface area contributed by atoms with E-state index in [2.05, 4.69) is 5.16 Å². The predicted octanol–water partition coefficient (Wildman–Crippen LogP) is 2.83. The van der Waals surface area contributed by atoms with Crippen LogP contribution in [0.2, 0.25) is 0 Å². The molecule has 0 N–H and O–H groups in total. The standard InChI is InChI=1S/C18H15F2N3O4S2/c19-12-3-4-13(20)17(10-12)29(25,26)23-7-5-22(6-8-23)18(24)14-11-15(27-21-14)16-2-1-9-28-16/h1-4,9-11H,5-8H2. The molecule has 1 amide bonds. The predicted molar refractivity (Wildman–Crippen MR) is 101 cm³/mol. The Morgan fingerprint density at radius 3 is 2.55 bits per heavy atom. The van der Waals surface area contributed by atoms with Crippen LogP contribution in [0.3, 0.4) is 0 Å². The van der Waals surface area contributed by atoms with Gasteiger partial charge in [-0.2, -0.15) is 4.31 Å². The lowest BCUT2D eigenvalue weighted by Crippen LogP contribution is -2.50. The van der Waals surface area contributed by atoms with E-state index in [1.807, 2.05) is 17.5 Å². The van der Waals surface area contributed by atoms with Gasteiger partial charge in [0.05, 0.1) is 4.88 Å². The topological polar surface area (TPSA) is 83.7 Å². The van der Waals surface area contributed by atoms with Crippen LogP contribution in [0.15, 0.2) is 51.2 Å². The summed E-state index contributed by atoms with van der Waals surface area (Å²) in [5, 5.41) is 5.68. The Bertz CT molecular complexity index is 1140. The molecule has 0 radical (unpaired) electrons. The Hall–Kier alpha value is -2.63. The maximum absolute atomic E-state index is 13.9. The van der Waals surface area contributed by atoms with Gasteiger partial charge >= 0.3 is 0 Å². The second-order valence-electron chi connectivity index (χ2n) is 6.32. The van der Waals surface area contributed by atoms with E-state index in [9.17, 15) is 22.0 Å². The van der Waals surface area contributed by atoms with Crippen LogP contribution in [0.5, 0.6) is 0 Å². The van der Waals surface area contributed by atoms with E-state index < -0.39 is 26.6 Å². The Kier molecular flexibility index (Phi) is 5.19. The average Bonchev–Trinajstić information content (AvgIpc) is 3.41. The highest BCUT2D eigenvalue weighted by atomic mass is 32.2. The Labute approximate surface area is 169 Å². The van der Waals surface area contributed by atoms with Gasteiger partial charge in [-0.25, -0.2) is 17.2 Å². The number of benzene rings is 1. The number of aromatic nitrogens is 1. The molecular weight excluding hydrogens is 424 g/mol. The lowest BCUT2D eigenvalue weighted by Gasteiger charge is -2.33. The summed E-state index contributed by atoms with van der Waals surface area (Å²) in [7, 11) is -4.21. The maximum Gasteiger partial charge on any atom is 0.276 e. The number of sulfonamides is 1. The number of halogens is 2. The normalized spacial score (nSPS) is 15.6. The summed E-state index contributed by atoms with van der Waals surface area (Å²) in [5.41, 5.74) is 0.126. The average molecular weight is 439 g/mol. The first kappa shape index (κ1) is 19.7. The fourth-order valence-corrected chi connectivity index (χ4v) is 5.19. The molecule has 0 bridgehead atoms. The van der Waals surface area contributed by atoms with Crippen molar-refractivity contribution in [3.8, 4) is 10.6 Å². The van der Waals surface area contributed by atoms with Gasteiger partial charge in [-0.1, -0.05) is 11.2 Å². The van der Waals surface area contributed by atoms with Gasteiger partial charge in [-0.15, -0.1) is 11.3 Å². The van der Waals surface area contributed by atoms with Crippen LogP contribution in [0.25, 0.3) is 10.6 Å². The molecule has 0 saturated carbocycles. The Morgan fingerprint density at radius 1 is 1.10 bits per heavy atom. The number of nitrogens with zero attached hydrogens (tertiary/aromatic N) is 3. The van der Waals surface area contributed by atoms with Gasteiger partial charge in [0.15, 0.2) is 11.5 Å². The zero-order chi connectivity index (χ0) is 20.6. The van der Waals surface area contributed by atoms with Crippen LogP contribution in [0, 0.1) is 11.6 Å². The largest absolute Gasteiger partial charge is 0.355 e. The molecule has 0 unspecified atom stereocenters. The molecule has 29 heavy (non-hydrogen) atoms. The van der Waals surface area contributed by atoms with Crippen molar-refractivity contribution in [3.63, 3.8) is 0 Å². The van der Waals surface area contributed by atoms with E-state index in [1.54, 1.807) is 6.07 Å². The van der Waals surface area contributed by atoms with Gasteiger partial charge in [0.25, 0.3) is 5.91 Å². The summed E-state index contributed by atoms with van der Waals surface area (Å²) in [6, 6.07) is 7.52. The molecule has 11 heteroatoms. The molecule has 4 rings (SSSR count). The monoisotopic (exact) mass is 439 g/mol. The third kappa shape index (κ3) is 3.80. The lowest BCUT2D eigenvalue weighted by atomic mass is 10.2. The van der Waals surface area contributed by atoms with Crippen LogP contribution in [-0.2, 0) is 10.0 Å². The van der Waals surface area contributed by atoms with Crippen LogP contribution in [0.1, 0.15) is 10.5 Å². The van der Waals surface area contributed by atoms with Gasteiger partial charge in [-0.3, -0.25) is 4.79 Å². The van der Waals surface area contributed by atoms with Crippen LogP contribution in [-0.4, -0.2) is 54.9 Å². The number of amides is 1. The van der Waals surface area contributed by atoms with E-state index in [1.165, 1.54) is 16.2 Å². The molecular formula is C18H15F2N3O4S2. The van der Waals surface area contributed by atoms with Gasteiger partial charge in [0, 0.05) is 32.2 Å². The van der Waals surface area contributed by atoms with E-state index in [4.69, 9.17) is 4.52 Å². The second kappa shape index (κ2) is 7.65. The molecule has 3 aromatic rings. The smallest absolute Gasteiger partial charge is 0.276 e. The summed E-state index contributed by atoms with van der Waals surface area (Å²) < 4.78 is 58.8. The van der Waals surface area contributed by atoms with Gasteiger partial charge in [0.1, 0.15) is 16.5 Å². The number of hydrogen-bond acceptors (Lipinski definition) is 6. The highest BCUT2D eigenvalue weighted by Gasteiger charge is 2.33. The summed E-state index contributed by atoms with van der Waals surface area (Å²) in [5.74, 6) is -1.77. The first-order valence-electron chi connectivity index (χ1n) is 8.61. The van der Waals surface area contributed by atoms with E-state index in [-0.39, 0.29) is 37.8 Å². The molecule has 0 atom stereocenters. The third-order valence-electron chi connectivity index (χ3n) is 4.53. The minimum atomic E-state index is -4.21. The lowest BCUT2D eigenvalue weighted by molar-refractivity contribution is 0.0687. The fraction of sp³-hybridized carbons (Fsp3) is 0.222. The summed E-state index contributed by atoms with van der Waals surface area (Å²) in [6.45, 7) is 0.103. The zero-order valence-electron chi connectivity index (χ0n) is 14.9. The molecule has 1 fully saturated rings. The maximum atomic E-state index is 13.9. The van der Waals surface area contributed by atoms with Crippen molar-refractivity contribution in [3.05, 3.63) is 59.1 Å². The van der Waals surface area contributed by atoms with E-state index >= 15 is 0 Å². The minimum Gasteiger partial charge on any atom is -0.355 e. The molecule has 1 aliphatic heterocycles. The highest BCUT2D eigenvalue weighted by molar-refractivity contribution is 7.89. The third-order valence-corrected chi connectivity index (χ3v) is 7.33. The minimum absolute atomic E-state index is 0.0420. The van der Waals surface area contributed by atoms with Crippen molar-refractivity contribution in [2.24, 2.45) is 0 Å². The van der Waals surface area contributed by atoms with Crippen molar-refractivity contribution in [1.82, 2.24) is 14.4 Å². The van der Waals surface area contributed by atoms with Crippen LogP contribution < -0.4 is 0 Å². The number of rotatable bonds is 4. The Balaban J connectivity index is 1.45. The number of thiophene rings is 1. The number of piperazine rings is 1. The Morgan fingerprint density at radius 2 is 1.86 bits per heavy atom. The summed E-state index contributed by atoms with van der Waals surface area (Å²) in [4.78, 5) is 14.2. The van der Waals surface area contributed by atoms with Gasteiger partial charge in [0.2, 0.25) is 10.0 Å². The van der Waals surface area contributed by atoms with Crippen molar-refractivity contribution >= 4 is 27.3 Å². The molecule has 2 aromatic heterocycles. The first-order chi connectivity index (χ1) is 13.9. The molecule has 7 nitrogen and oxygen atoms in total. The molecule has 152 valence electrons. The second-order valence-corrected chi connectivity index (χ2v) is 9.18. The first-order valence-corrected chi connectivity index (χ1v) is 10.9. The quantitative estimate of drug-likeness (QED) is 0.624. The molecule has 1 saturated heterocycles. The summed E-state index contributed by atoms with van der Waals surface area (Å²) >= 11 is 1.45. The highest BCUT2D eigenvalue weighted by Crippen LogP contribution is 2.26. The van der Waals surface area contributed by atoms with E-state index in [0.29, 0.717) is 11.8 Å². The SMILES string of the molecule is O=C(c1cc(-c2cccs2)on1)N1CCN(S(=O)(=O)c2cc(F)ccc2F)CC1. The van der Waals surface area contributed by atoms with Crippen molar-refractivity contribution in [2.75, 3.05) is 26.2 Å². The van der Waals surface area contributed by atoms with Crippen molar-refractivity contribution < 1.29 is 26.5 Å². The van der Waals surface area contributed by atoms with Gasteiger partial charge in [-0.05, 0) is 29.6 Å². The molecule has 3 heterocycles. The number of carbonyl (C=O) groups excluding carboxylic acids is 1. The number of hydrogen-bond donors (Lipinski definition) is 0. The van der Waals surface area contributed by atoms with Crippen molar-refractivity contribution in [2.45, 2.75) is 4.90 Å². The van der Waals surface area contributed by atoms with Gasteiger partial charge < -0.3 is 9.42 Å². The summed E-state index contributed by atoms with van der Waals surface area (Å²) in [6.07, 6.45) is 0. The zero-order valence-corrected chi connectivity index (χ0v) is 16.5.